The Bertz CT molecular complexity index is 217. The Kier molecular flexibility index (Phi) is 2.83. The van der Waals surface area contributed by atoms with E-state index < -0.39 is 0 Å². The van der Waals surface area contributed by atoms with Crippen molar-refractivity contribution in [3.63, 3.8) is 0 Å². The van der Waals surface area contributed by atoms with Crippen molar-refractivity contribution in [1.29, 1.82) is 0 Å². The summed E-state index contributed by atoms with van der Waals surface area (Å²) in [6.07, 6.45) is 4.63. The summed E-state index contributed by atoms with van der Waals surface area (Å²) >= 11 is 6.43. The largest absolute Gasteiger partial charge is 0.118 e. The molecule has 1 heteroatoms. The van der Waals surface area contributed by atoms with E-state index in [4.69, 9.17) is 11.6 Å². The van der Waals surface area contributed by atoms with Gasteiger partial charge in [0.05, 0.1) is 5.38 Å². The van der Waals surface area contributed by atoms with Gasteiger partial charge in [-0.05, 0) is 37.5 Å². The summed E-state index contributed by atoms with van der Waals surface area (Å²) in [4.78, 5) is 0. The maximum Gasteiger partial charge on any atom is 0.0596 e. The molecule has 1 rings (SSSR count). The molecule has 0 nitrogen and oxygen atoms in total. The molecule has 1 saturated carbocycles. The molecular weight excluding hydrogens is 180 g/mol. The summed E-state index contributed by atoms with van der Waals surface area (Å²) in [7, 11) is 0. The van der Waals surface area contributed by atoms with E-state index in [1.165, 1.54) is 18.4 Å². The van der Waals surface area contributed by atoms with Crippen LogP contribution in [-0.2, 0) is 0 Å². The molecule has 0 aromatic rings. The number of rotatable bonds is 2. The number of allylic oxidation sites excluding steroid dienone is 2. The molecule has 1 aliphatic carbocycles. The monoisotopic (exact) mass is 200 g/mol. The third-order valence-corrected chi connectivity index (χ3v) is 4.10. The van der Waals surface area contributed by atoms with Crippen LogP contribution < -0.4 is 0 Å². The van der Waals surface area contributed by atoms with E-state index in [0.717, 1.165) is 0 Å². The molecule has 1 atom stereocenters. The lowest BCUT2D eigenvalue weighted by Crippen LogP contribution is -2.47. The average molecular weight is 201 g/mol. The van der Waals surface area contributed by atoms with Gasteiger partial charge >= 0.3 is 0 Å². The van der Waals surface area contributed by atoms with Gasteiger partial charge < -0.3 is 0 Å². The first-order valence-electron chi connectivity index (χ1n) is 5.08. The van der Waals surface area contributed by atoms with Crippen molar-refractivity contribution < 1.29 is 0 Å². The first kappa shape index (κ1) is 11.1. The summed E-state index contributed by atoms with van der Waals surface area (Å²) in [6, 6.07) is 0. The molecule has 1 aliphatic rings. The SMILES string of the molecule is C/C=C(\C)C(Cl)C1(C)CC(C)(C)C1. The Hall–Kier alpha value is 0.0300. The molecule has 0 radical (unpaired) electrons. The fourth-order valence-corrected chi connectivity index (χ4v) is 3.29. The molecule has 0 N–H and O–H groups in total. The van der Waals surface area contributed by atoms with Gasteiger partial charge in [0, 0.05) is 0 Å². The van der Waals surface area contributed by atoms with Crippen LogP contribution in [0.15, 0.2) is 11.6 Å². The lowest BCUT2D eigenvalue weighted by Gasteiger charge is -2.54. The zero-order chi connectivity index (χ0) is 10.3. The Morgan fingerprint density at radius 2 is 1.77 bits per heavy atom. The van der Waals surface area contributed by atoms with E-state index in [0.29, 0.717) is 10.8 Å². The minimum absolute atomic E-state index is 0.227. The van der Waals surface area contributed by atoms with Crippen molar-refractivity contribution in [2.75, 3.05) is 0 Å². The lowest BCUT2D eigenvalue weighted by molar-refractivity contribution is 0.00687. The summed E-state index contributed by atoms with van der Waals surface area (Å²) in [5.74, 6) is 0. The van der Waals surface area contributed by atoms with E-state index in [2.05, 4.69) is 40.7 Å². The van der Waals surface area contributed by atoms with Crippen LogP contribution in [0, 0.1) is 10.8 Å². The highest BCUT2D eigenvalue weighted by molar-refractivity contribution is 6.22. The first-order chi connectivity index (χ1) is 5.81. The van der Waals surface area contributed by atoms with Gasteiger partial charge in [0.2, 0.25) is 0 Å². The number of hydrogen-bond donors (Lipinski definition) is 0. The number of halogens is 1. The Morgan fingerprint density at radius 1 is 1.31 bits per heavy atom. The summed E-state index contributed by atoms with van der Waals surface area (Å²) < 4.78 is 0. The topological polar surface area (TPSA) is 0 Å². The molecule has 1 fully saturated rings. The van der Waals surface area contributed by atoms with Crippen molar-refractivity contribution in [2.24, 2.45) is 10.8 Å². The molecule has 0 heterocycles. The fourth-order valence-electron chi connectivity index (χ4n) is 3.01. The Labute approximate surface area is 87.4 Å². The number of hydrogen-bond acceptors (Lipinski definition) is 0. The van der Waals surface area contributed by atoms with Gasteiger partial charge in [0.15, 0.2) is 0 Å². The zero-order valence-corrected chi connectivity index (χ0v) is 10.2. The van der Waals surface area contributed by atoms with Crippen LogP contribution in [0.5, 0.6) is 0 Å². The second-order valence-electron chi connectivity index (χ2n) is 5.57. The summed E-state index contributed by atoms with van der Waals surface area (Å²) in [5.41, 5.74) is 2.16. The highest BCUT2D eigenvalue weighted by atomic mass is 35.5. The molecule has 13 heavy (non-hydrogen) atoms. The Morgan fingerprint density at radius 3 is 2.08 bits per heavy atom. The minimum Gasteiger partial charge on any atom is -0.118 e. The third kappa shape index (κ3) is 2.10. The second kappa shape index (κ2) is 3.31. The molecule has 0 aliphatic heterocycles. The predicted octanol–water partition coefficient (Wildman–Crippen LogP) is 4.39. The molecule has 0 spiro atoms. The van der Waals surface area contributed by atoms with Gasteiger partial charge in [0.1, 0.15) is 0 Å². The lowest BCUT2D eigenvalue weighted by atomic mass is 9.53. The third-order valence-electron chi connectivity index (χ3n) is 3.23. The molecule has 0 bridgehead atoms. The maximum atomic E-state index is 6.43. The molecule has 0 amide bonds. The smallest absolute Gasteiger partial charge is 0.0596 e. The minimum atomic E-state index is 0.227. The van der Waals surface area contributed by atoms with E-state index in [9.17, 15) is 0 Å². The standard InChI is InChI=1S/C12H21Cl/c1-6-9(2)10(13)12(5)7-11(3,4)8-12/h6,10H,7-8H2,1-5H3/b9-6+. The van der Waals surface area contributed by atoms with Crippen LogP contribution in [0.4, 0.5) is 0 Å². The van der Waals surface area contributed by atoms with Gasteiger partial charge in [-0.3, -0.25) is 0 Å². The summed E-state index contributed by atoms with van der Waals surface area (Å²) in [6.45, 7) is 11.2. The van der Waals surface area contributed by atoms with Crippen molar-refractivity contribution >= 4 is 11.6 Å². The highest BCUT2D eigenvalue weighted by Crippen LogP contribution is 2.58. The van der Waals surface area contributed by atoms with Crippen molar-refractivity contribution in [1.82, 2.24) is 0 Å². The molecule has 0 aromatic heterocycles. The van der Waals surface area contributed by atoms with Gasteiger partial charge in [-0.2, -0.15) is 0 Å². The van der Waals surface area contributed by atoms with Crippen LogP contribution >= 0.6 is 11.6 Å². The fraction of sp³-hybridized carbons (Fsp3) is 0.833. The first-order valence-corrected chi connectivity index (χ1v) is 5.51. The van der Waals surface area contributed by atoms with E-state index >= 15 is 0 Å². The maximum absolute atomic E-state index is 6.43. The van der Waals surface area contributed by atoms with Crippen molar-refractivity contribution in [3.8, 4) is 0 Å². The van der Waals surface area contributed by atoms with Gasteiger partial charge in [0.25, 0.3) is 0 Å². The van der Waals surface area contributed by atoms with Crippen molar-refractivity contribution in [3.05, 3.63) is 11.6 Å². The Balaban J connectivity index is 2.65. The van der Waals surface area contributed by atoms with E-state index in [1.54, 1.807) is 0 Å². The summed E-state index contributed by atoms with van der Waals surface area (Å²) in [5, 5.41) is 0.227. The number of alkyl halides is 1. The zero-order valence-electron chi connectivity index (χ0n) is 9.45. The average Bonchev–Trinajstić information content (AvgIpc) is 1.97. The van der Waals surface area contributed by atoms with Gasteiger partial charge in [-0.1, -0.05) is 32.4 Å². The molecule has 1 unspecified atom stereocenters. The van der Waals surface area contributed by atoms with Crippen LogP contribution in [-0.4, -0.2) is 5.38 Å². The van der Waals surface area contributed by atoms with Crippen LogP contribution in [0.1, 0.15) is 47.5 Å². The highest BCUT2D eigenvalue weighted by Gasteiger charge is 2.49. The van der Waals surface area contributed by atoms with Gasteiger partial charge in [-0.15, -0.1) is 11.6 Å². The normalized spacial score (nSPS) is 28.0. The van der Waals surface area contributed by atoms with Crippen LogP contribution in [0.25, 0.3) is 0 Å². The van der Waals surface area contributed by atoms with Crippen molar-refractivity contribution in [2.45, 2.75) is 52.8 Å². The van der Waals surface area contributed by atoms with E-state index in [1.807, 2.05) is 0 Å². The van der Waals surface area contributed by atoms with Gasteiger partial charge in [-0.25, -0.2) is 0 Å². The molecular formula is C12H21Cl. The van der Waals surface area contributed by atoms with E-state index in [-0.39, 0.29) is 5.38 Å². The second-order valence-corrected chi connectivity index (χ2v) is 6.00. The quantitative estimate of drug-likeness (QED) is 0.458. The van der Waals surface area contributed by atoms with Crippen LogP contribution in [0.2, 0.25) is 0 Å². The predicted molar refractivity (Wildman–Crippen MR) is 60.2 cm³/mol. The molecule has 0 saturated heterocycles. The molecule has 0 aromatic carbocycles. The van der Waals surface area contributed by atoms with Crippen LogP contribution in [0.3, 0.4) is 0 Å². The molecule has 76 valence electrons.